The number of hydrogen-bond acceptors (Lipinski definition) is 5. The van der Waals surface area contributed by atoms with E-state index in [9.17, 15) is 18.8 Å². The van der Waals surface area contributed by atoms with Gasteiger partial charge in [-0.1, -0.05) is 0 Å². The number of aromatic nitrogens is 2. The molecule has 1 aromatic carbocycles. The summed E-state index contributed by atoms with van der Waals surface area (Å²) in [4.78, 5) is 41.9. The summed E-state index contributed by atoms with van der Waals surface area (Å²) < 4.78 is 15.0. The SMILES string of the molecule is Cc1nn(-c2ccc(F)cc2)c2sc(C(=O)N3CCN(C(=O)C(=O)NC(C)C)CC3)cc12. The van der Waals surface area contributed by atoms with Crippen molar-refractivity contribution in [2.45, 2.75) is 26.8 Å². The van der Waals surface area contributed by atoms with Gasteiger partial charge >= 0.3 is 11.8 Å². The minimum absolute atomic E-state index is 0.114. The van der Waals surface area contributed by atoms with Gasteiger partial charge in [0.05, 0.1) is 16.3 Å². The van der Waals surface area contributed by atoms with Gasteiger partial charge in [-0.2, -0.15) is 5.10 Å². The number of nitrogens with zero attached hydrogens (tertiary/aromatic N) is 4. The van der Waals surface area contributed by atoms with Crippen molar-refractivity contribution in [3.63, 3.8) is 0 Å². The van der Waals surface area contributed by atoms with Gasteiger partial charge in [0.1, 0.15) is 10.6 Å². The molecule has 4 rings (SSSR count). The molecular formula is C22H24FN5O3S. The molecule has 2 aromatic heterocycles. The van der Waals surface area contributed by atoms with Gasteiger partial charge in [0.25, 0.3) is 5.91 Å². The van der Waals surface area contributed by atoms with E-state index in [0.717, 1.165) is 21.6 Å². The zero-order chi connectivity index (χ0) is 23.0. The highest BCUT2D eigenvalue weighted by molar-refractivity contribution is 7.20. The summed E-state index contributed by atoms with van der Waals surface area (Å²) in [5, 5.41) is 8.00. The normalized spacial score (nSPS) is 14.3. The molecule has 0 saturated carbocycles. The minimum Gasteiger partial charge on any atom is -0.346 e. The maximum Gasteiger partial charge on any atom is 0.312 e. The zero-order valence-electron chi connectivity index (χ0n) is 18.1. The number of benzene rings is 1. The fourth-order valence-corrected chi connectivity index (χ4v) is 4.80. The van der Waals surface area contributed by atoms with E-state index >= 15 is 0 Å². The molecule has 3 amide bonds. The number of thiophene rings is 1. The molecule has 1 aliphatic rings. The summed E-state index contributed by atoms with van der Waals surface area (Å²) in [5.41, 5.74) is 1.50. The van der Waals surface area contributed by atoms with Crippen molar-refractivity contribution in [1.82, 2.24) is 24.9 Å². The average Bonchev–Trinajstić information content (AvgIpc) is 3.33. The number of rotatable bonds is 3. The Balaban J connectivity index is 1.48. The van der Waals surface area contributed by atoms with Gasteiger partial charge in [0, 0.05) is 37.6 Å². The standard InChI is InChI=1S/C22H24FN5O3S/c1-13(2)24-19(29)21(31)27-10-8-26(9-11-27)20(30)18-12-17-14(3)25-28(22(17)32-18)16-6-4-15(23)5-7-16/h4-7,12-13H,8-11H2,1-3H3,(H,24,29). The van der Waals surface area contributed by atoms with Gasteiger partial charge < -0.3 is 15.1 Å². The highest BCUT2D eigenvalue weighted by Gasteiger charge is 2.29. The van der Waals surface area contributed by atoms with Gasteiger partial charge in [-0.25, -0.2) is 9.07 Å². The highest BCUT2D eigenvalue weighted by Crippen LogP contribution is 2.31. The lowest BCUT2D eigenvalue weighted by atomic mass is 10.2. The number of aryl methyl sites for hydroxylation is 1. The van der Waals surface area contributed by atoms with Crippen LogP contribution in [0.25, 0.3) is 15.9 Å². The lowest BCUT2D eigenvalue weighted by Crippen LogP contribution is -2.54. The third-order valence-electron chi connectivity index (χ3n) is 5.29. The van der Waals surface area contributed by atoms with Gasteiger partial charge in [-0.3, -0.25) is 14.4 Å². The number of hydrogen-bond donors (Lipinski definition) is 1. The first-order valence-electron chi connectivity index (χ1n) is 10.4. The molecule has 168 valence electrons. The van der Waals surface area contributed by atoms with Crippen LogP contribution < -0.4 is 5.32 Å². The summed E-state index contributed by atoms with van der Waals surface area (Å²) in [6.07, 6.45) is 0. The van der Waals surface area contributed by atoms with Crippen LogP contribution in [0.5, 0.6) is 0 Å². The van der Waals surface area contributed by atoms with Crippen molar-refractivity contribution in [3.8, 4) is 5.69 Å². The third-order valence-corrected chi connectivity index (χ3v) is 6.39. The zero-order valence-corrected chi connectivity index (χ0v) is 18.9. The Hall–Kier alpha value is -3.27. The first-order chi connectivity index (χ1) is 15.2. The van der Waals surface area contributed by atoms with Gasteiger partial charge in [0.15, 0.2) is 0 Å². The second-order valence-corrected chi connectivity index (χ2v) is 9.05. The Labute approximate surface area is 188 Å². The molecule has 0 bridgehead atoms. The predicted molar refractivity (Wildman–Crippen MR) is 119 cm³/mol. The van der Waals surface area contributed by atoms with E-state index in [1.54, 1.807) is 35.6 Å². The first-order valence-corrected chi connectivity index (χ1v) is 11.2. The Kier molecular flexibility index (Phi) is 5.96. The maximum absolute atomic E-state index is 13.3. The van der Waals surface area contributed by atoms with Crippen LogP contribution in [0.3, 0.4) is 0 Å². The van der Waals surface area contributed by atoms with E-state index in [2.05, 4.69) is 10.4 Å². The lowest BCUT2D eigenvalue weighted by molar-refractivity contribution is -0.147. The van der Waals surface area contributed by atoms with Crippen LogP contribution >= 0.6 is 11.3 Å². The number of halogens is 1. The summed E-state index contributed by atoms with van der Waals surface area (Å²) in [6.45, 7) is 6.80. The molecule has 1 fully saturated rings. The molecule has 3 heterocycles. The molecule has 32 heavy (non-hydrogen) atoms. The fraction of sp³-hybridized carbons (Fsp3) is 0.364. The van der Waals surface area contributed by atoms with Crippen LogP contribution in [0.15, 0.2) is 30.3 Å². The van der Waals surface area contributed by atoms with E-state index in [1.807, 2.05) is 13.0 Å². The van der Waals surface area contributed by atoms with Crippen molar-refractivity contribution in [1.29, 1.82) is 0 Å². The Morgan fingerprint density at radius 1 is 1.06 bits per heavy atom. The van der Waals surface area contributed by atoms with Crippen molar-refractivity contribution < 1.29 is 18.8 Å². The van der Waals surface area contributed by atoms with E-state index in [4.69, 9.17) is 0 Å². The second kappa shape index (κ2) is 8.70. The number of nitrogens with one attached hydrogen (secondary N) is 1. The Bertz CT molecular complexity index is 1180. The molecule has 1 saturated heterocycles. The minimum atomic E-state index is -0.620. The second-order valence-electron chi connectivity index (χ2n) is 8.02. The molecule has 0 unspecified atom stereocenters. The molecule has 0 aliphatic carbocycles. The summed E-state index contributed by atoms with van der Waals surface area (Å²) in [7, 11) is 0. The summed E-state index contributed by atoms with van der Waals surface area (Å²) >= 11 is 1.34. The van der Waals surface area contributed by atoms with Gasteiger partial charge in [-0.05, 0) is 51.1 Å². The molecule has 0 spiro atoms. The predicted octanol–water partition coefficient (Wildman–Crippen LogP) is 2.34. The van der Waals surface area contributed by atoms with Crippen molar-refractivity contribution in [2.75, 3.05) is 26.2 Å². The highest BCUT2D eigenvalue weighted by atomic mass is 32.1. The average molecular weight is 458 g/mol. The molecule has 0 atom stereocenters. The molecule has 1 aliphatic heterocycles. The van der Waals surface area contributed by atoms with Gasteiger partial charge in [0.2, 0.25) is 0 Å². The number of fused-ring (bicyclic) bond motifs is 1. The summed E-state index contributed by atoms with van der Waals surface area (Å²) in [6, 6.07) is 7.76. The quantitative estimate of drug-likeness (QED) is 0.612. The van der Waals surface area contributed by atoms with Gasteiger partial charge in [-0.15, -0.1) is 11.3 Å². The molecule has 0 radical (unpaired) electrons. The number of piperazine rings is 1. The van der Waals surface area contributed by atoms with Crippen LogP contribution in [0.2, 0.25) is 0 Å². The number of carbonyl (C=O) groups excluding carboxylic acids is 3. The van der Waals surface area contributed by atoms with Crippen LogP contribution in [0.1, 0.15) is 29.2 Å². The van der Waals surface area contributed by atoms with E-state index in [-0.39, 0.29) is 17.8 Å². The topological polar surface area (TPSA) is 87.5 Å². The first kappa shape index (κ1) is 21.9. The summed E-state index contributed by atoms with van der Waals surface area (Å²) in [5.74, 6) is -1.63. The van der Waals surface area contributed by atoms with E-state index in [1.165, 1.54) is 28.4 Å². The fourth-order valence-electron chi connectivity index (χ4n) is 3.65. The molecule has 10 heteroatoms. The maximum atomic E-state index is 13.3. The Morgan fingerprint density at radius 3 is 2.31 bits per heavy atom. The van der Waals surface area contributed by atoms with Crippen LogP contribution in [-0.4, -0.2) is 69.5 Å². The molecule has 8 nitrogen and oxygen atoms in total. The van der Waals surface area contributed by atoms with Crippen molar-refractivity contribution in [2.24, 2.45) is 0 Å². The third kappa shape index (κ3) is 4.22. The van der Waals surface area contributed by atoms with Crippen molar-refractivity contribution >= 4 is 39.3 Å². The molecule has 1 N–H and O–H groups in total. The lowest BCUT2D eigenvalue weighted by Gasteiger charge is -2.34. The smallest absolute Gasteiger partial charge is 0.312 e. The van der Waals surface area contributed by atoms with E-state index < -0.39 is 11.8 Å². The monoisotopic (exact) mass is 457 g/mol. The van der Waals surface area contributed by atoms with Crippen LogP contribution in [0.4, 0.5) is 4.39 Å². The number of amides is 3. The Morgan fingerprint density at radius 2 is 1.69 bits per heavy atom. The molecular weight excluding hydrogens is 433 g/mol. The largest absolute Gasteiger partial charge is 0.346 e. The van der Waals surface area contributed by atoms with E-state index in [0.29, 0.717) is 31.1 Å². The van der Waals surface area contributed by atoms with Crippen LogP contribution in [0, 0.1) is 12.7 Å². The number of carbonyl (C=O) groups is 3. The molecule has 3 aromatic rings. The van der Waals surface area contributed by atoms with Crippen LogP contribution in [-0.2, 0) is 9.59 Å². The van der Waals surface area contributed by atoms with Crippen molar-refractivity contribution in [3.05, 3.63) is 46.7 Å².